The average Bonchev–Trinajstić information content (AvgIpc) is 3.13. The van der Waals surface area contributed by atoms with Crippen molar-refractivity contribution in [2.45, 2.75) is 31.2 Å². The van der Waals surface area contributed by atoms with Gasteiger partial charge in [0.25, 0.3) is 5.91 Å². The predicted molar refractivity (Wildman–Crippen MR) is 85.2 cm³/mol. The van der Waals surface area contributed by atoms with E-state index in [1.807, 2.05) is 18.3 Å². The van der Waals surface area contributed by atoms with Gasteiger partial charge >= 0.3 is 0 Å². The smallest absolute Gasteiger partial charge is 0.272 e. The van der Waals surface area contributed by atoms with Crippen LogP contribution in [0.4, 0.5) is 0 Å². The quantitative estimate of drug-likeness (QED) is 0.917. The molecule has 0 radical (unpaired) electrons. The van der Waals surface area contributed by atoms with Crippen LogP contribution in [0.5, 0.6) is 0 Å². The van der Waals surface area contributed by atoms with Crippen LogP contribution in [-0.2, 0) is 16.1 Å². The Morgan fingerprint density at radius 3 is 3.08 bits per heavy atom. The molecule has 7 nitrogen and oxygen atoms in total. The van der Waals surface area contributed by atoms with Crippen molar-refractivity contribution in [1.82, 2.24) is 20.1 Å². The van der Waals surface area contributed by atoms with Crippen LogP contribution in [-0.4, -0.2) is 57.4 Å². The van der Waals surface area contributed by atoms with Crippen LogP contribution in [0.2, 0.25) is 0 Å². The molecule has 2 saturated heterocycles. The molecule has 2 aliphatic rings. The van der Waals surface area contributed by atoms with Gasteiger partial charge in [-0.15, -0.1) is 0 Å². The van der Waals surface area contributed by atoms with E-state index in [0.717, 1.165) is 18.4 Å². The second-order valence-corrected chi connectivity index (χ2v) is 6.45. The SMILES string of the molecule is O=C(c1ccn[nH]1)N1CC2(CC(OCc3cccnc3)CCO2)C1. The third-order valence-corrected chi connectivity index (χ3v) is 4.63. The summed E-state index contributed by atoms with van der Waals surface area (Å²) in [6.07, 6.45) is 7.03. The number of nitrogens with one attached hydrogen (secondary N) is 1. The van der Waals surface area contributed by atoms with Crippen LogP contribution in [0.15, 0.2) is 36.8 Å². The molecule has 1 amide bonds. The number of ether oxygens (including phenoxy) is 2. The number of aromatic nitrogens is 3. The van der Waals surface area contributed by atoms with Gasteiger partial charge in [0.2, 0.25) is 0 Å². The van der Waals surface area contributed by atoms with Gasteiger partial charge in [-0.05, 0) is 24.1 Å². The molecule has 1 spiro atoms. The summed E-state index contributed by atoms with van der Waals surface area (Å²) in [4.78, 5) is 18.2. The lowest BCUT2D eigenvalue weighted by Crippen LogP contribution is -2.67. The molecule has 2 aromatic rings. The molecule has 126 valence electrons. The summed E-state index contributed by atoms with van der Waals surface area (Å²) >= 11 is 0. The van der Waals surface area contributed by atoms with E-state index in [1.54, 1.807) is 23.4 Å². The van der Waals surface area contributed by atoms with Crippen LogP contribution in [0.1, 0.15) is 28.9 Å². The van der Waals surface area contributed by atoms with E-state index in [-0.39, 0.29) is 17.6 Å². The van der Waals surface area contributed by atoms with E-state index in [9.17, 15) is 4.79 Å². The number of likely N-dealkylation sites (tertiary alicyclic amines) is 1. The van der Waals surface area contributed by atoms with Crippen molar-refractivity contribution in [1.29, 1.82) is 0 Å². The van der Waals surface area contributed by atoms with Gasteiger partial charge in [0.15, 0.2) is 0 Å². The zero-order chi connectivity index (χ0) is 16.4. The minimum Gasteiger partial charge on any atom is -0.373 e. The van der Waals surface area contributed by atoms with E-state index in [1.165, 1.54) is 0 Å². The molecule has 0 aliphatic carbocycles. The lowest BCUT2D eigenvalue weighted by Gasteiger charge is -2.52. The van der Waals surface area contributed by atoms with E-state index >= 15 is 0 Å². The molecule has 2 aliphatic heterocycles. The molecule has 7 heteroatoms. The monoisotopic (exact) mass is 328 g/mol. The standard InChI is InChI=1S/C17H20N4O3/c22-16(15-3-6-19-20-15)21-11-17(12-21)8-14(4-7-24-17)23-10-13-2-1-5-18-9-13/h1-3,5-6,9,14H,4,7-8,10-12H2,(H,19,20). The second kappa shape index (κ2) is 6.33. The highest BCUT2D eigenvalue weighted by atomic mass is 16.5. The molecule has 1 unspecified atom stereocenters. The minimum atomic E-state index is -0.256. The fourth-order valence-electron chi connectivity index (χ4n) is 3.38. The number of H-pyrrole nitrogens is 1. The first-order valence-electron chi connectivity index (χ1n) is 8.17. The Morgan fingerprint density at radius 1 is 1.42 bits per heavy atom. The van der Waals surface area contributed by atoms with Crippen molar-refractivity contribution >= 4 is 5.91 Å². The number of rotatable bonds is 4. The number of nitrogens with zero attached hydrogens (tertiary/aromatic N) is 3. The lowest BCUT2D eigenvalue weighted by molar-refractivity contribution is -0.188. The Labute approximate surface area is 140 Å². The summed E-state index contributed by atoms with van der Waals surface area (Å²) in [5.74, 6) is -0.0277. The Morgan fingerprint density at radius 2 is 2.33 bits per heavy atom. The number of carbonyl (C=O) groups is 1. The second-order valence-electron chi connectivity index (χ2n) is 6.45. The number of amides is 1. The van der Waals surface area contributed by atoms with Crippen molar-refractivity contribution in [3.63, 3.8) is 0 Å². The highest BCUT2D eigenvalue weighted by Crippen LogP contribution is 2.36. The molecule has 4 rings (SSSR count). The topological polar surface area (TPSA) is 80.3 Å². The molecule has 1 N–H and O–H groups in total. The molecule has 0 saturated carbocycles. The van der Waals surface area contributed by atoms with Crippen LogP contribution in [0, 0.1) is 0 Å². The van der Waals surface area contributed by atoms with Gasteiger partial charge < -0.3 is 14.4 Å². The number of hydrogen-bond acceptors (Lipinski definition) is 5. The van der Waals surface area contributed by atoms with E-state index in [2.05, 4.69) is 15.2 Å². The Balaban J connectivity index is 1.30. The van der Waals surface area contributed by atoms with Gasteiger partial charge in [-0.2, -0.15) is 5.10 Å². The average molecular weight is 328 g/mol. The van der Waals surface area contributed by atoms with Gasteiger partial charge in [0.1, 0.15) is 11.3 Å². The third kappa shape index (κ3) is 3.05. The van der Waals surface area contributed by atoms with E-state index < -0.39 is 0 Å². The van der Waals surface area contributed by atoms with Gasteiger partial charge in [0.05, 0.1) is 25.8 Å². The summed E-state index contributed by atoms with van der Waals surface area (Å²) in [5, 5.41) is 6.54. The zero-order valence-corrected chi connectivity index (χ0v) is 13.4. The Kier molecular flexibility index (Phi) is 4.03. The first-order chi connectivity index (χ1) is 11.7. The minimum absolute atomic E-state index is 0.0277. The molecule has 2 aromatic heterocycles. The van der Waals surface area contributed by atoms with Gasteiger partial charge in [-0.1, -0.05) is 6.07 Å². The van der Waals surface area contributed by atoms with Gasteiger partial charge in [-0.25, -0.2) is 0 Å². The van der Waals surface area contributed by atoms with E-state index in [0.29, 0.717) is 32.0 Å². The molecule has 4 heterocycles. The number of hydrogen-bond donors (Lipinski definition) is 1. The normalized spacial score (nSPS) is 22.3. The van der Waals surface area contributed by atoms with Gasteiger partial charge in [0, 0.05) is 31.6 Å². The molecule has 1 atom stereocenters. The highest BCUT2D eigenvalue weighted by Gasteiger charge is 2.49. The molecular formula is C17H20N4O3. The summed E-state index contributed by atoms with van der Waals surface area (Å²) in [5.41, 5.74) is 1.33. The van der Waals surface area contributed by atoms with Crippen LogP contribution in [0.3, 0.4) is 0 Å². The first-order valence-corrected chi connectivity index (χ1v) is 8.17. The largest absolute Gasteiger partial charge is 0.373 e. The van der Waals surface area contributed by atoms with Crippen LogP contribution in [0.25, 0.3) is 0 Å². The van der Waals surface area contributed by atoms with E-state index in [4.69, 9.17) is 9.47 Å². The first kappa shape index (κ1) is 15.3. The fourth-order valence-corrected chi connectivity index (χ4v) is 3.38. The van der Waals surface area contributed by atoms with Crippen LogP contribution >= 0.6 is 0 Å². The van der Waals surface area contributed by atoms with Crippen molar-refractivity contribution in [3.8, 4) is 0 Å². The summed E-state index contributed by atoms with van der Waals surface area (Å²) in [6, 6.07) is 5.61. The predicted octanol–water partition coefficient (Wildman–Crippen LogP) is 1.40. The highest BCUT2D eigenvalue weighted by molar-refractivity contribution is 5.92. The summed E-state index contributed by atoms with van der Waals surface area (Å²) in [6.45, 7) is 2.45. The maximum atomic E-state index is 12.3. The molecule has 0 aromatic carbocycles. The summed E-state index contributed by atoms with van der Waals surface area (Å²) in [7, 11) is 0. The van der Waals surface area contributed by atoms with Crippen molar-refractivity contribution in [2.24, 2.45) is 0 Å². The van der Waals surface area contributed by atoms with Crippen molar-refractivity contribution in [3.05, 3.63) is 48.0 Å². The molecular weight excluding hydrogens is 308 g/mol. The number of carbonyl (C=O) groups excluding carboxylic acids is 1. The summed E-state index contributed by atoms with van der Waals surface area (Å²) < 4.78 is 12.0. The van der Waals surface area contributed by atoms with Crippen molar-refractivity contribution in [2.75, 3.05) is 19.7 Å². The maximum absolute atomic E-state index is 12.3. The Bertz CT molecular complexity index is 683. The molecule has 2 fully saturated rings. The third-order valence-electron chi connectivity index (χ3n) is 4.63. The zero-order valence-electron chi connectivity index (χ0n) is 13.4. The van der Waals surface area contributed by atoms with Crippen LogP contribution < -0.4 is 0 Å². The maximum Gasteiger partial charge on any atom is 0.272 e. The van der Waals surface area contributed by atoms with Crippen molar-refractivity contribution < 1.29 is 14.3 Å². The molecule has 24 heavy (non-hydrogen) atoms. The molecule has 0 bridgehead atoms. The lowest BCUT2D eigenvalue weighted by atomic mass is 9.84. The Hall–Kier alpha value is -2.25. The fraction of sp³-hybridized carbons (Fsp3) is 0.471. The number of aromatic amines is 1. The van der Waals surface area contributed by atoms with Gasteiger partial charge in [-0.3, -0.25) is 14.9 Å². The number of pyridine rings is 1.